The van der Waals surface area contributed by atoms with Crippen molar-refractivity contribution in [2.45, 2.75) is 154 Å². The summed E-state index contributed by atoms with van der Waals surface area (Å²) >= 11 is 0. The van der Waals surface area contributed by atoms with Crippen molar-refractivity contribution in [2.75, 3.05) is 32.8 Å². The van der Waals surface area contributed by atoms with E-state index in [1.165, 1.54) is 0 Å². The molecule has 0 aromatic rings. The fraction of sp³-hybridized carbons (Fsp3) is 0.968. The Kier molecular flexibility index (Phi) is 15.0. The number of hydrogen-bond donors (Lipinski definition) is 16. The van der Waals surface area contributed by atoms with Gasteiger partial charge in [0.05, 0.1) is 24.7 Å². The molecule has 22 N–H and O–H groups in total. The maximum absolute atomic E-state index is 13.1. The van der Waals surface area contributed by atoms with Crippen LogP contribution in [0.2, 0.25) is 0 Å². The number of carbonyl (C=O) groups excluding carboxylic acids is 1. The van der Waals surface area contributed by atoms with E-state index in [4.69, 9.17) is 62.8 Å². The van der Waals surface area contributed by atoms with Gasteiger partial charge < -0.3 is 114 Å². The third kappa shape index (κ3) is 9.17. The fourth-order valence-corrected chi connectivity index (χ4v) is 7.59. The molecule has 5 rings (SSSR count). The van der Waals surface area contributed by atoms with Crippen molar-refractivity contribution in [3.05, 3.63) is 0 Å². The summed E-state index contributed by atoms with van der Waals surface area (Å²) in [6.07, 6.45) is -20.8. The van der Waals surface area contributed by atoms with Crippen molar-refractivity contribution in [3.8, 4) is 0 Å². The Balaban J connectivity index is 1.36. The zero-order chi connectivity index (χ0) is 39.6. The smallest absolute Gasteiger partial charge is 0.252 e. The van der Waals surface area contributed by atoms with Gasteiger partial charge in [0.1, 0.15) is 78.8 Å². The molecular formula is C31H60N8O15. The number of carbonyl (C=O) groups is 1. The van der Waals surface area contributed by atoms with E-state index >= 15 is 0 Å². The van der Waals surface area contributed by atoms with Crippen LogP contribution in [-0.4, -0.2) is 207 Å². The minimum atomic E-state index is -1.77. The van der Waals surface area contributed by atoms with E-state index in [1.54, 1.807) is 0 Å². The number of hydrogen-bond acceptors (Lipinski definition) is 22. The van der Waals surface area contributed by atoms with Crippen molar-refractivity contribution in [1.82, 2.24) is 10.6 Å². The van der Waals surface area contributed by atoms with Crippen molar-refractivity contribution in [3.63, 3.8) is 0 Å². The Hall–Kier alpha value is -1.37. The second-order valence-corrected chi connectivity index (χ2v) is 15.0. The number of nitrogens with two attached hydrogens (primary N) is 6. The second kappa shape index (κ2) is 18.5. The first-order chi connectivity index (χ1) is 25.5. The molecule has 2 saturated carbocycles. The topological polar surface area (TPSA) is 414 Å². The summed E-state index contributed by atoms with van der Waals surface area (Å²) in [6.45, 7) is 0.0918. The maximum atomic E-state index is 13.1. The van der Waals surface area contributed by atoms with Gasteiger partial charge in [0.2, 0.25) is 0 Å². The van der Waals surface area contributed by atoms with Crippen LogP contribution in [0.3, 0.4) is 0 Å². The average Bonchev–Trinajstić information content (AvgIpc) is 3.43. The summed E-state index contributed by atoms with van der Waals surface area (Å²) < 4.78 is 35.7. The van der Waals surface area contributed by atoms with E-state index in [1.807, 2.05) is 0 Å². The van der Waals surface area contributed by atoms with Crippen LogP contribution in [-0.2, 0) is 33.2 Å². The summed E-state index contributed by atoms with van der Waals surface area (Å²) in [5.41, 5.74) is 34.1. The standard InChI is InChI=1S/C31H60N8O15/c32-2-1-3-38-8-14-20(43)22(45)17(37)28(50-14)52-24-11(35)4-12(39-30(47)31(48)5-10(34)6-31)18(41)26(24)54-29-23(46)25(15(9-40)51-29)53-27-16(36)21(44)19(42)13(7-33)49-27/h10-29,38,40-46,48H,1-9,32-37H2,(H,39,47)/t10?,11-,12+,13-,14+,15+,16+,17+,18-,19+,20+,21+,22+,23+,24+,25+,26+,27+,28+,29-,31?/m0/s1. The highest BCUT2D eigenvalue weighted by Gasteiger charge is 2.56. The molecule has 23 heteroatoms. The first-order valence-corrected chi connectivity index (χ1v) is 18.3. The van der Waals surface area contributed by atoms with Gasteiger partial charge in [-0.05, 0) is 25.9 Å². The Morgan fingerprint density at radius 3 is 1.85 bits per heavy atom. The number of rotatable bonds is 15. The maximum Gasteiger partial charge on any atom is 0.252 e. The van der Waals surface area contributed by atoms with Gasteiger partial charge >= 0.3 is 0 Å². The average molecular weight is 785 g/mol. The van der Waals surface area contributed by atoms with Crippen molar-refractivity contribution in [1.29, 1.82) is 0 Å². The molecule has 0 aromatic carbocycles. The summed E-state index contributed by atoms with van der Waals surface area (Å²) in [6, 6.07) is -5.20. The van der Waals surface area contributed by atoms with E-state index in [-0.39, 0.29) is 38.4 Å². The van der Waals surface area contributed by atoms with Crippen LogP contribution < -0.4 is 45.0 Å². The van der Waals surface area contributed by atoms with E-state index in [2.05, 4.69) is 10.6 Å². The molecule has 314 valence electrons. The van der Waals surface area contributed by atoms with E-state index < -0.39 is 134 Å². The number of amides is 1. The van der Waals surface area contributed by atoms with Crippen LogP contribution in [0.4, 0.5) is 0 Å². The molecule has 54 heavy (non-hydrogen) atoms. The molecule has 0 aromatic heterocycles. The molecule has 5 aliphatic rings. The zero-order valence-corrected chi connectivity index (χ0v) is 29.8. The molecule has 5 fully saturated rings. The lowest BCUT2D eigenvalue weighted by Gasteiger charge is -2.48. The SMILES string of the molecule is NCCCNC[C@H]1O[C@H](O[C@H]2[C@H](O[C@@H]3O[C@H](CO)[C@@H](O[C@H]4O[C@@H](CN)[C@@H](O)[C@H](O)[C@H]4N)[C@H]3O)[C@@H](O)[C@H](NC(=O)C3(O)CC(N)C3)C[C@@H]2N)[C@H](N)[C@@H](O)[C@@H]1O. The molecule has 19 atom stereocenters. The lowest BCUT2D eigenvalue weighted by atomic mass is 9.75. The first-order valence-electron chi connectivity index (χ1n) is 18.3. The minimum absolute atomic E-state index is 0.00484. The Labute approximate surface area is 311 Å². The Morgan fingerprint density at radius 2 is 1.28 bits per heavy atom. The monoisotopic (exact) mass is 784 g/mol. The van der Waals surface area contributed by atoms with Crippen molar-refractivity contribution >= 4 is 5.91 Å². The van der Waals surface area contributed by atoms with Gasteiger partial charge in [-0.2, -0.15) is 0 Å². The Bertz CT molecular complexity index is 1210. The predicted molar refractivity (Wildman–Crippen MR) is 182 cm³/mol. The molecule has 0 bridgehead atoms. The molecule has 1 amide bonds. The summed E-state index contributed by atoms with van der Waals surface area (Å²) in [4.78, 5) is 13.1. The summed E-state index contributed by atoms with van der Waals surface area (Å²) in [5.74, 6) is -0.795. The van der Waals surface area contributed by atoms with E-state index in [0.717, 1.165) is 0 Å². The summed E-state index contributed by atoms with van der Waals surface area (Å²) in [7, 11) is 0. The number of nitrogens with one attached hydrogen (secondary N) is 2. The van der Waals surface area contributed by atoms with Crippen LogP contribution in [0.5, 0.6) is 0 Å². The van der Waals surface area contributed by atoms with Gasteiger partial charge in [0.15, 0.2) is 18.9 Å². The largest absolute Gasteiger partial charge is 0.394 e. The van der Waals surface area contributed by atoms with Crippen LogP contribution in [0, 0.1) is 0 Å². The van der Waals surface area contributed by atoms with Crippen molar-refractivity contribution < 1.29 is 74.1 Å². The predicted octanol–water partition coefficient (Wildman–Crippen LogP) is -9.91. The van der Waals surface area contributed by atoms with Crippen LogP contribution >= 0.6 is 0 Å². The summed E-state index contributed by atoms with van der Waals surface area (Å²) in [5, 5.41) is 92.0. The van der Waals surface area contributed by atoms with Gasteiger partial charge in [0.25, 0.3) is 5.91 Å². The molecule has 2 aliphatic carbocycles. The van der Waals surface area contributed by atoms with Gasteiger partial charge in [-0.15, -0.1) is 0 Å². The lowest BCUT2D eigenvalue weighted by Crippen LogP contribution is -2.70. The van der Waals surface area contributed by atoms with Gasteiger partial charge in [-0.3, -0.25) is 4.79 Å². The number of aliphatic hydroxyl groups is 8. The molecule has 3 aliphatic heterocycles. The molecular weight excluding hydrogens is 724 g/mol. The molecule has 3 saturated heterocycles. The molecule has 0 radical (unpaired) electrons. The fourth-order valence-electron chi connectivity index (χ4n) is 7.59. The molecule has 3 heterocycles. The highest BCUT2D eigenvalue weighted by Crippen LogP contribution is 2.36. The molecule has 23 nitrogen and oxygen atoms in total. The quantitative estimate of drug-likeness (QED) is 0.0685. The van der Waals surface area contributed by atoms with E-state index in [0.29, 0.717) is 19.5 Å². The van der Waals surface area contributed by atoms with Crippen molar-refractivity contribution in [2.24, 2.45) is 34.4 Å². The first kappa shape index (κ1) is 43.7. The number of ether oxygens (including phenoxy) is 6. The second-order valence-electron chi connectivity index (χ2n) is 15.0. The third-order valence-electron chi connectivity index (χ3n) is 10.9. The van der Waals surface area contributed by atoms with Gasteiger partial charge in [-0.1, -0.05) is 0 Å². The highest BCUT2D eigenvalue weighted by molar-refractivity contribution is 5.86. The Morgan fingerprint density at radius 1 is 0.722 bits per heavy atom. The normalized spacial score (nSPS) is 49.7. The third-order valence-corrected chi connectivity index (χ3v) is 10.9. The molecule has 0 spiro atoms. The van der Waals surface area contributed by atoms with Crippen LogP contribution in [0.1, 0.15) is 25.7 Å². The lowest BCUT2D eigenvalue weighted by molar-refractivity contribution is -0.308. The van der Waals surface area contributed by atoms with Gasteiger partial charge in [-0.25, -0.2) is 0 Å². The van der Waals surface area contributed by atoms with E-state index in [9.17, 15) is 45.6 Å². The van der Waals surface area contributed by atoms with Crippen LogP contribution in [0.15, 0.2) is 0 Å². The minimum Gasteiger partial charge on any atom is -0.394 e. The zero-order valence-electron chi connectivity index (χ0n) is 29.8. The molecule has 0 unspecified atom stereocenters. The van der Waals surface area contributed by atoms with Gasteiger partial charge in [0, 0.05) is 38.0 Å². The highest BCUT2D eigenvalue weighted by atomic mass is 16.8. The van der Waals surface area contributed by atoms with Crippen LogP contribution in [0.25, 0.3) is 0 Å². The number of aliphatic hydroxyl groups excluding tert-OH is 7.